The van der Waals surface area contributed by atoms with Crippen molar-refractivity contribution in [3.63, 3.8) is 0 Å². The maximum Gasteiger partial charge on any atom is 0.419 e. The quantitative estimate of drug-likeness (QED) is 0.633. The second-order valence-electron chi connectivity index (χ2n) is 3.60. The fourth-order valence-corrected chi connectivity index (χ4v) is 2.13. The monoisotopic (exact) mass is 190 g/mol. The van der Waals surface area contributed by atoms with Crippen LogP contribution >= 0.6 is 0 Å². The lowest BCUT2D eigenvalue weighted by Crippen LogP contribution is -2.18. The highest BCUT2D eigenvalue weighted by molar-refractivity contribution is 5.83. The molecular formula is C10H10N2O2. The Bertz CT molecular complexity index is 565. The average molecular weight is 190 g/mol. The minimum absolute atomic E-state index is 0.272. The Balaban J connectivity index is 2.57. The highest BCUT2D eigenvalue weighted by Crippen LogP contribution is 2.28. The molecule has 2 N–H and O–H groups in total. The first-order valence-electron chi connectivity index (χ1n) is 4.68. The normalized spacial score (nSPS) is 14.9. The molecule has 0 atom stereocenters. The molecule has 0 fully saturated rings. The van der Waals surface area contributed by atoms with Gasteiger partial charge in [-0.2, -0.15) is 0 Å². The minimum atomic E-state index is -0.272. The lowest BCUT2D eigenvalue weighted by Gasteiger charge is -2.14. The first kappa shape index (κ1) is 7.67. The molecule has 2 aromatic rings. The summed E-state index contributed by atoms with van der Waals surface area (Å²) >= 11 is 0. The zero-order valence-corrected chi connectivity index (χ0v) is 7.62. The van der Waals surface area contributed by atoms with Gasteiger partial charge in [0.2, 0.25) is 0 Å². The summed E-state index contributed by atoms with van der Waals surface area (Å²) in [5, 5.41) is 0. The molecule has 0 saturated carbocycles. The molecule has 4 nitrogen and oxygen atoms in total. The molecule has 4 heteroatoms. The number of nitrogens with zero attached hydrogens (tertiary/aromatic N) is 1. The average Bonchev–Trinajstić information content (AvgIpc) is 2.52. The zero-order valence-electron chi connectivity index (χ0n) is 7.62. The van der Waals surface area contributed by atoms with Gasteiger partial charge in [0.05, 0.1) is 5.52 Å². The molecule has 2 heterocycles. The van der Waals surface area contributed by atoms with Crippen molar-refractivity contribution in [2.75, 3.05) is 5.73 Å². The van der Waals surface area contributed by atoms with Crippen LogP contribution in [0.3, 0.4) is 0 Å². The summed E-state index contributed by atoms with van der Waals surface area (Å²) in [6.45, 7) is 0.738. The van der Waals surface area contributed by atoms with Crippen LogP contribution in [0.15, 0.2) is 21.3 Å². The smallest absolute Gasteiger partial charge is 0.408 e. The second kappa shape index (κ2) is 2.41. The molecule has 14 heavy (non-hydrogen) atoms. The molecule has 0 aliphatic carbocycles. The number of anilines is 1. The van der Waals surface area contributed by atoms with Gasteiger partial charge in [-0.15, -0.1) is 0 Å². The summed E-state index contributed by atoms with van der Waals surface area (Å²) in [4.78, 5) is 11.4. The van der Waals surface area contributed by atoms with Gasteiger partial charge in [-0.3, -0.25) is 4.57 Å². The molecule has 0 spiro atoms. The van der Waals surface area contributed by atoms with Crippen LogP contribution in [0.1, 0.15) is 12.0 Å². The molecule has 0 unspecified atom stereocenters. The first-order valence-corrected chi connectivity index (χ1v) is 4.68. The van der Waals surface area contributed by atoms with Crippen LogP contribution in [0.2, 0.25) is 0 Å². The van der Waals surface area contributed by atoms with Gasteiger partial charge in [0, 0.05) is 17.8 Å². The van der Waals surface area contributed by atoms with Crippen molar-refractivity contribution < 1.29 is 4.42 Å². The molecule has 1 aromatic heterocycles. The largest absolute Gasteiger partial charge is 0.419 e. The Morgan fingerprint density at radius 3 is 3.14 bits per heavy atom. The minimum Gasteiger partial charge on any atom is -0.408 e. The summed E-state index contributed by atoms with van der Waals surface area (Å²) in [6.07, 6.45) is 1.89. The molecule has 72 valence electrons. The van der Waals surface area contributed by atoms with E-state index in [1.54, 1.807) is 16.7 Å². The van der Waals surface area contributed by atoms with Gasteiger partial charge in [-0.1, -0.05) is 0 Å². The van der Waals surface area contributed by atoms with E-state index in [4.69, 9.17) is 10.2 Å². The molecular weight excluding hydrogens is 180 g/mol. The van der Waals surface area contributed by atoms with Crippen LogP contribution in [0.25, 0.3) is 11.1 Å². The summed E-state index contributed by atoms with van der Waals surface area (Å²) in [7, 11) is 0. The molecule has 0 radical (unpaired) electrons. The van der Waals surface area contributed by atoms with Gasteiger partial charge in [-0.05, 0) is 25.0 Å². The van der Waals surface area contributed by atoms with Crippen molar-refractivity contribution in [1.29, 1.82) is 0 Å². The highest BCUT2D eigenvalue weighted by Gasteiger charge is 2.18. The third kappa shape index (κ3) is 0.801. The Morgan fingerprint density at radius 1 is 1.43 bits per heavy atom. The number of aromatic nitrogens is 1. The Hall–Kier alpha value is -1.71. The maximum absolute atomic E-state index is 11.4. The Morgan fingerprint density at radius 2 is 2.29 bits per heavy atom. The molecule has 3 rings (SSSR count). The number of benzene rings is 1. The van der Waals surface area contributed by atoms with Crippen LogP contribution < -0.4 is 11.5 Å². The summed E-state index contributed by atoms with van der Waals surface area (Å²) in [5.41, 5.74) is 9.21. The molecule has 0 bridgehead atoms. The molecule has 0 amide bonds. The van der Waals surface area contributed by atoms with Gasteiger partial charge in [0.1, 0.15) is 0 Å². The molecule has 0 saturated heterocycles. The van der Waals surface area contributed by atoms with E-state index in [1.165, 1.54) is 0 Å². The van der Waals surface area contributed by atoms with Crippen LogP contribution in [-0.4, -0.2) is 4.57 Å². The van der Waals surface area contributed by atoms with Gasteiger partial charge in [-0.25, -0.2) is 4.79 Å². The van der Waals surface area contributed by atoms with E-state index in [2.05, 4.69) is 0 Å². The summed E-state index contributed by atoms with van der Waals surface area (Å²) < 4.78 is 6.79. The standard InChI is InChI=1S/C10H10N2O2/c11-7-3-4-8-9-6(7)2-1-5-12(9)10(13)14-8/h3-4H,1-2,5,11H2. The van der Waals surface area contributed by atoms with Gasteiger partial charge < -0.3 is 10.2 Å². The predicted molar refractivity (Wildman–Crippen MR) is 53.2 cm³/mol. The number of nitrogens with two attached hydrogens (primary N) is 1. The first-order chi connectivity index (χ1) is 6.77. The van der Waals surface area contributed by atoms with Crippen molar-refractivity contribution in [3.8, 4) is 0 Å². The topological polar surface area (TPSA) is 61.2 Å². The van der Waals surface area contributed by atoms with E-state index in [9.17, 15) is 4.79 Å². The number of hydrogen-bond acceptors (Lipinski definition) is 3. The van der Waals surface area contributed by atoms with Crippen LogP contribution in [-0.2, 0) is 13.0 Å². The van der Waals surface area contributed by atoms with Gasteiger partial charge in [0.15, 0.2) is 5.58 Å². The lowest BCUT2D eigenvalue weighted by molar-refractivity contribution is 0.494. The number of aryl methyl sites for hydroxylation is 2. The predicted octanol–water partition coefficient (Wildman–Crippen LogP) is 1.12. The van der Waals surface area contributed by atoms with E-state index < -0.39 is 0 Å². The van der Waals surface area contributed by atoms with E-state index in [0.29, 0.717) is 5.58 Å². The van der Waals surface area contributed by atoms with Gasteiger partial charge in [0.25, 0.3) is 0 Å². The SMILES string of the molecule is Nc1ccc2oc(=O)n3c2c1CCC3. The number of nitrogen functional groups attached to an aromatic ring is 1. The van der Waals surface area contributed by atoms with Crippen LogP contribution in [0.4, 0.5) is 5.69 Å². The second-order valence-corrected chi connectivity index (χ2v) is 3.60. The van der Waals surface area contributed by atoms with Crippen LogP contribution in [0, 0.1) is 0 Å². The van der Waals surface area contributed by atoms with E-state index in [1.807, 2.05) is 0 Å². The number of oxazole rings is 1. The Labute approximate surface area is 79.9 Å². The van der Waals surface area contributed by atoms with Crippen molar-refractivity contribution >= 4 is 16.8 Å². The maximum atomic E-state index is 11.4. The van der Waals surface area contributed by atoms with Crippen LogP contribution in [0.5, 0.6) is 0 Å². The third-order valence-corrected chi connectivity index (χ3v) is 2.78. The third-order valence-electron chi connectivity index (χ3n) is 2.78. The lowest BCUT2D eigenvalue weighted by atomic mass is 10.0. The van der Waals surface area contributed by atoms with E-state index in [0.717, 1.165) is 36.2 Å². The number of hydrogen-bond donors (Lipinski definition) is 1. The summed E-state index contributed by atoms with van der Waals surface area (Å²) in [5.74, 6) is -0.272. The fraction of sp³-hybridized carbons (Fsp3) is 0.300. The summed E-state index contributed by atoms with van der Waals surface area (Å²) in [6, 6.07) is 3.56. The van der Waals surface area contributed by atoms with Crippen molar-refractivity contribution in [3.05, 3.63) is 28.2 Å². The molecule has 1 aliphatic heterocycles. The van der Waals surface area contributed by atoms with Crippen molar-refractivity contribution in [2.45, 2.75) is 19.4 Å². The van der Waals surface area contributed by atoms with Gasteiger partial charge >= 0.3 is 5.76 Å². The Kier molecular flexibility index (Phi) is 1.32. The fourth-order valence-electron chi connectivity index (χ4n) is 2.13. The van der Waals surface area contributed by atoms with Crippen molar-refractivity contribution in [2.24, 2.45) is 0 Å². The molecule has 1 aliphatic rings. The number of rotatable bonds is 0. The van der Waals surface area contributed by atoms with E-state index >= 15 is 0 Å². The highest BCUT2D eigenvalue weighted by atomic mass is 16.4. The molecule has 1 aromatic carbocycles. The van der Waals surface area contributed by atoms with Crippen molar-refractivity contribution in [1.82, 2.24) is 4.57 Å². The zero-order chi connectivity index (χ0) is 9.71. The van der Waals surface area contributed by atoms with E-state index in [-0.39, 0.29) is 5.76 Å².